The minimum atomic E-state index is 0.0257. The van der Waals surface area contributed by atoms with Crippen LogP contribution in [0.4, 0.5) is 0 Å². The van der Waals surface area contributed by atoms with Gasteiger partial charge in [-0.1, -0.05) is 6.07 Å². The van der Waals surface area contributed by atoms with Crippen LogP contribution in [0.2, 0.25) is 0 Å². The summed E-state index contributed by atoms with van der Waals surface area (Å²) in [5.41, 5.74) is 1.06. The Kier molecular flexibility index (Phi) is 6.99. The van der Waals surface area contributed by atoms with Gasteiger partial charge in [0.1, 0.15) is 16.5 Å². The minimum absolute atomic E-state index is 0.0257. The molecule has 0 aliphatic carbocycles. The van der Waals surface area contributed by atoms with Gasteiger partial charge in [-0.2, -0.15) is 0 Å². The maximum atomic E-state index is 12.5. The zero-order valence-corrected chi connectivity index (χ0v) is 18.6. The summed E-state index contributed by atoms with van der Waals surface area (Å²) in [6.07, 6.45) is 0. The highest BCUT2D eigenvalue weighted by Crippen LogP contribution is 2.26. The van der Waals surface area contributed by atoms with Crippen molar-refractivity contribution in [1.82, 2.24) is 14.8 Å². The van der Waals surface area contributed by atoms with E-state index >= 15 is 0 Å². The number of hydrogen-bond donors (Lipinski definition) is 0. The Hall–Kier alpha value is -2.42. The molecule has 4 rings (SSSR count). The Balaban J connectivity index is 1.21. The first-order valence-corrected chi connectivity index (χ1v) is 11.8. The maximum Gasteiger partial charge on any atom is 0.260 e. The fraction of sp³-hybridized carbons (Fsp3) is 0.364. The second kappa shape index (κ2) is 10.1. The van der Waals surface area contributed by atoms with E-state index < -0.39 is 0 Å². The molecule has 0 N–H and O–H groups in total. The molecule has 0 saturated carbocycles. The molecule has 0 unspecified atom stereocenters. The van der Waals surface area contributed by atoms with Crippen LogP contribution >= 0.6 is 22.7 Å². The predicted octanol–water partition coefficient (Wildman–Crippen LogP) is 3.99. The van der Waals surface area contributed by atoms with E-state index in [-0.39, 0.29) is 12.5 Å². The molecule has 0 radical (unpaired) electrons. The average Bonchev–Trinajstić information content (AvgIpc) is 3.46. The van der Waals surface area contributed by atoms with Crippen LogP contribution in [-0.2, 0) is 11.3 Å². The Bertz CT molecular complexity index is 933. The molecule has 158 valence electrons. The molecule has 2 aromatic heterocycles. The van der Waals surface area contributed by atoms with Crippen molar-refractivity contribution in [2.75, 3.05) is 39.4 Å². The molecular formula is C22H25N3O3S2. The molecule has 1 aliphatic rings. The molecule has 3 aromatic rings. The summed E-state index contributed by atoms with van der Waals surface area (Å²) in [5.74, 6) is 1.50. The Labute approximate surface area is 184 Å². The first-order chi connectivity index (χ1) is 14.7. The summed E-state index contributed by atoms with van der Waals surface area (Å²) in [6.45, 7) is 6.60. The normalized spacial score (nSPS) is 14.6. The Morgan fingerprint density at radius 2 is 1.77 bits per heavy atom. The van der Waals surface area contributed by atoms with Gasteiger partial charge < -0.3 is 14.4 Å². The molecule has 0 spiro atoms. The van der Waals surface area contributed by atoms with E-state index in [2.05, 4.69) is 27.8 Å². The van der Waals surface area contributed by atoms with Gasteiger partial charge in [0.15, 0.2) is 6.61 Å². The number of thiophene rings is 1. The van der Waals surface area contributed by atoms with E-state index in [0.717, 1.165) is 36.1 Å². The maximum absolute atomic E-state index is 12.5. The van der Waals surface area contributed by atoms with Crippen LogP contribution in [-0.4, -0.2) is 60.1 Å². The molecule has 1 saturated heterocycles. The number of thiazole rings is 1. The van der Waals surface area contributed by atoms with Crippen LogP contribution in [0.25, 0.3) is 10.6 Å². The molecule has 1 aromatic carbocycles. The monoisotopic (exact) mass is 443 g/mol. The summed E-state index contributed by atoms with van der Waals surface area (Å²) in [6, 6.07) is 11.5. The molecule has 30 heavy (non-hydrogen) atoms. The van der Waals surface area contributed by atoms with Gasteiger partial charge in [0.2, 0.25) is 0 Å². The van der Waals surface area contributed by atoms with Crippen molar-refractivity contribution in [3.63, 3.8) is 0 Å². The topological polar surface area (TPSA) is 54.9 Å². The number of benzene rings is 1. The van der Waals surface area contributed by atoms with Crippen LogP contribution < -0.4 is 9.47 Å². The largest absolute Gasteiger partial charge is 0.494 e. The average molecular weight is 444 g/mol. The van der Waals surface area contributed by atoms with Gasteiger partial charge in [0.25, 0.3) is 5.91 Å². The third-order valence-corrected chi connectivity index (χ3v) is 6.63. The highest BCUT2D eigenvalue weighted by Gasteiger charge is 2.22. The summed E-state index contributed by atoms with van der Waals surface area (Å²) in [4.78, 5) is 22.7. The van der Waals surface area contributed by atoms with E-state index in [1.54, 1.807) is 22.7 Å². The van der Waals surface area contributed by atoms with E-state index in [4.69, 9.17) is 14.5 Å². The van der Waals surface area contributed by atoms with E-state index in [0.29, 0.717) is 25.4 Å². The molecule has 8 heteroatoms. The lowest BCUT2D eigenvalue weighted by Gasteiger charge is -2.34. The van der Waals surface area contributed by atoms with Gasteiger partial charge in [0.05, 0.1) is 23.7 Å². The highest BCUT2D eigenvalue weighted by atomic mass is 32.1. The molecule has 1 amide bonds. The number of aromatic nitrogens is 1. The molecule has 1 aliphatic heterocycles. The van der Waals surface area contributed by atoms with Crippen LogP contribution in [0, 0.1) is 0 Å². The van der Waals surface area contributed by atoms with E-state index in [1.807, 2.05) is 36.1 Å². The lowest BCUT2D eigenvalue weighted by Crippen LogP contribution is -2.49. The third-order valence-electron chi connectivity index (χ3n) is 4.91. The van der Waals surface area contributed by atoms with E-state index in [1.165, 1.54) is 4.88 Å². The zero-order valence-electron chi connectivity index (χ0n) is 17.0. The molecule has 3 heterocycles. The van der Waals surface area contributed by atoms with Crippen LogP contribution in [0.1, 0.15) is 11.9 Å². The number of carbonyl (C=O) groups excluding carboxylic acids is 1. The highest BCUT2D eigenvalue weighted by molar-refractivity contribution is 7.14. The van der Waals surface area contributed by atoms with Crippen molar-refractivity contribution in [1.29, 1.82) is 0 Å². The fourth-order valence-electron chi connectivity index (χ4n) is 3.30. The summed E-state index contributed by atoms with van der Waals surface area (Å²) in [5, 5.41) is 5.32. The van der Waals surface area contributed by atoms with Gasteiger partial charge in [-0.25, -0.2) is 4.98 Å². The first kappa shape index (κ1) is 20.8. The number of nitrogens with zero attached hydrogens (tertiary/aromatic N) is 3. The molecule has 6 nitrogen and oxygen atoms in total. The quantitative estimate of drug-likeness (QED) is 0.527. The molecular weight excluding hydrogens is 418 g/mol. The van der Waals surface area contributed by atoms with Crippen molar-refractivity contribution >= 4 is 28.6 Å². The van der Waals surface area contributed by atoms with Gasteiger partial charge >= 0.3 is 0 Å². The zero-order chi connectivity index (χ0) is 20.8. The number of carbonyl (C=O) groups is 1. The standard InChI is InChI=1S/C22H25N3O3S2/c1-2-27-17-5-7-18(8-6-17)28-15-22(26)25-11-9-24(10-12-25)14-21-23-19(16-30-21)20-4-3-13-29-20/h3-8,13,16H,2,9-12,14-15H2,1H3. The van der Waals surface area contributed by atoms with Crippen LogP contribution in [0.15, 0.2) is 47.2 Å². The van der Waals surface area contributed by atoms with Gasteiger partial charge in [-0.3, -0.25) is 9.69 Å². The second-order valence-electron chi connectivity index (χ2n) is 6.95. The summed E-state index contributed by atoms with van der Waals surface area (Å²) < 4.78 is 11.1. The first-order valence-electron chi connectivity index (χ1n) is 10.1. The lowest BCUT2D eigenvalue weighted by atomic mass is 10.3. The molecule has 0 bridgehead atoms. The summed E-state index contributed by atoms with van der Waals surface area (Å²) in [7, 11) is 0. The summed E-state index contributed by atoms with van der Waals surface area (Å²) >= 11 is 3.42. The number of amides is 1. The number of rotatable bonds is 8. The lowest BCUT2D eigenvalue weighted by molar-refractivity contribution is -0.135. The van der Waals surface area contributed by atoms with Gasteiger partial charge in [-0.05, 0) is 42.6 Å². The van der Waals surface area contributed by atoms with Crippen molar-refractivity contribution in [3.05, 3.63) is 52.2 Å². The van der Waals surface area contributed by atoms with E-state index in [9.17, 15) is 4.79 Å². The van der Waals surface area contributed by atoms with Crippen LogP contribution in [0.5, 0.6) is 11.5 Å². The molecule has 0 atom stereocenters. The third kappa shape index (κ3) is 5.38. The van der Waals surface area contributed by atoms with Gasteiger partial charge in [0, 0.05) is 31.6 Å². The van der Waals surface area contributed by atoms with Gasteiger partial charge in [-0.15, -0.1) is 22.7 Å². The number of hydrogen-bond acceptors (Lipinski definition) is 7. The Morgan fingerprint density at radius 1 is 1.03 bits per heavy atom. The number of piperazine rings is 1. The van der Waals surface area contributed by atoms with Crippen molar-refractivity contribution in [2.24, 2.45) is 0 Å². The minimum Gasteiger partial charge on any atom is -0.494 e. The van der Waals surface area contributed by atoms with Crippen LogP contribution in [0.3, 0.4) is 0 Å². The Morgan fingerprint density at radius 3 is 2.43 bits per heavy atom. The fourth-order valence-corrected chi connectivity index (χ4v) is 4.90. The molecule has 1 fully saturated rings. The smallest absolute Gasteiger partial charge is 0.260 e. The van der Waals surface area contributed by atoms with Crippen molar-refractivity contribution < 1.29 is 14.3 Å². The van der Waals surface area contributed by atoms with Crippen molar-refractivity contribution in [2.45, 2.75) is 13.5 Å². The van der Waals surface area contributed by atoms with Crippen molar-refractivity contribution in [3.8, 4) is 22.1 Å². The SMILES string of the molecule is CCOc1ccc(OCC(=O)N2CCN(Cc3nc(-c4cccs4)cs3)CC2)cc1. The number of ether oxygens (including phenoxy) is 2. The predicted molar refractivity (Wildman–Crippen MR) is 120 cm³/mol. The second-order valence-corrected chi connectivity index (χ2v) is 8.84.